The maximum atomic E-state index is 4.76. The number of aliphatic imine (C=N–C) groups is 2. The van der Waals surface area contributed by atoms with E-state index < -0.39 is 0 Å². The first kappa shape index (κ1) is 13.4. The van der Waals surface area contributed by atoms with E-state index in [0.717, 1.165) is 36.0 Å². The molecule has 3 nitrogen and oxygen atoms in total. The third-order valence-electron chi connectivity index (χ3n) is 3.70. The van der Waals surface area contributed by atoms with Crippen molar-refractivity contribution in [1.29, 1.82) is 0 Å². The first-order valence-corrected chi connectivity index (χ1v) is 7.84. The monoisotopic (exact) mass is 285 g/mol. The smallest absolute Gasteiger partial charge is 0.141 e. The molecule has 0 amide bonds. The van der Waals surface area contributed by atoms with E-state index in [4.69, 9.17) is 4.99 Å². The molecule has 1 unspecified atom stereocenters. The first-order chi connectivity index (χ1) is 9.70. The first-order valence-electron chi connectivity index (χ1n) is 6.96. The third-order valence-corrected chi connectivity index (χ3v) is 4.58. The molecule has 3 aliphatic heterocycles. The van der Waals surface area contributed by atoms with Crippen molar-refractivity contribution in [3.05, 3.63) is 46.5 Å². The number of amidine groups is 1. The Morgan fingerprint density at radius 2 is 2.35 bits per heavy atom. The summed E-state index contributed by atoms with van der Waals surface area (Å²) in [5.41, 5.74) is 3.80. The summed E-state index contributed by atoms with van der Waals surface area (Å²) in [5.74, 6) is 1.70. The van der Waals surface area contributed by atoms with E-state index in [1.807, 2.05) is 19.2 Å². The largest absolute Gasteiger partial charge is 0.329 e. The number of nitrogens with zero attached hydrogens (tertiary/aromatic N) is 3. The Morgan fingerprint density at radius 3 is 3.00 bits per heavy atom. The van der Waals surface area contributed by atoms with Gasteiger partial charge in [0.15, 0.2) is 0 Å². The van der Waals surface area contributed by atoms with Crippen molar-refractivity contribution in [2.45, 2.75) is 20.3 Å². The van der Waals surface area contributed by atoms with Crippen molar-refractivity contribution < 1.29 is 0 Å². The molecule has 1 saturated heterocycles. The number of fused-ring (bicyclic) bond motifs is 1. The minimum atomic E-state index is 0.660. The Morgan fingerprint density at radius 1 is 1.55 bits per heavy atom. The molecular weight excluding hydrogens is 266 g/mol. The second-order valence-corrected chi connectivity index (χ2v) is 6.33. The molecule has 3 aliphatic rings. The van der Waals surface area contributed by atoms with Crippen LogP contribution < -0.4 is 0 Å². The number of hydrogen-bond donors (Lipinski definition) is 0. The van der Waals surface area contributed by atoms with Crippen LogP contribution in [0.2, 0.25) is 0 Å². The topological polar surface area (TPSA) is 28.0 Å². The molecule has 1 fully saturated rings. The maximum absolute atomic E-state index is 4.76. The third kappa shape index (κ3) is 2.29. The Balaban J connectivity index is 1.87. The van der Waals surface area contributed by atoms with Crippen molar-refractivity contribution in [3.8, 4) is 0 Å². The molecule has 4 heteroatoms. The van der Waals surface area contributed by atoms with Gasteiger partial charge < -0.3 is 4.90 Å². The van der Waals surface area contributed by atoms with E-state index in [9.17, 15) is 0 Å². The lowest BCUT2D eigenvalue weighted by atomic mass is 10.0. The molecule has 0 N–H and O–H groups in total. The van der Waals surface area contributed by atoms with Crippen molar-refractivity contribution in [2.24, 2.45) is 15.9 Å². The Bertz CT molecular complexity index is 593. The quantitative estimate of drug-likeness (QED) is 0.787. The molecule has 0 aromatic carbocycles. The zero-order chi connectivity index (χ0) is 14.1. The maximum Gasteiger partial charge on any atom is 0.141 e. The highest BCUT2D eigenvalue weighted by Gasteiger charge is 2.34. The van der Waals surface area contributed by atoms with E-state index in [0.29, 0.717) is 5.92 Å². The summed E-state index contributed by atoms with van der Waals surface area (Å²) in [4.78, 5) is 12.5. The number of hydrogen-bond acceptors (Lipinski definition) is 4. The summed E-state index contributed by atoms with van der Waals surface area (Å²) in [6, 6.07) is 0. The van der Waals surface area contributed by atoms with E-state index >= 15 is 0 Å². The molecule has 0 bridgehead atoms. The highest BCUT2D eigenvalue weighted by Crippen LogP contribution is 2.36. The molecule has 0 spiro atoms. The molecule has 0 saturated carbocycles. The van der Waals surface area contributed by atoms with Crippen molar-refractivity contribution in [3.63, 3.8) is 0 Å². The van der Waals surface area contributed by atoms with Crippen LogP contribution in [-0.4, -0.2) is 29.5 Å². The van der Waals surface area contributed by atoms with Gasteiger partial charge >= 0.3 is 0 Å². The Hall–Kier alpha value is -1.55. The van der Waals surface area contributed by atoms with Gasteiger partial charge in [-0.1, -0.05) is 31.3 Å². The summed E-state index contributed by atoms with van der Waals surface area (Å²) < 4.78 is 0. The van der Waals surface area contributed by atoms with Gasteiger partial charge in [0.1, 0.15) is 5.84 Å². The average Bonchev–Trinajstić information content (AvgIpc) is 2.75. The SMILES string of the molecule is C=C(S/C=C\C)C1=NCC(C2=NC=C2)=C2CC(C)CN12. The summed E-state index contributed by atoms with van der Waals surface area (Å²) >= 11 is 1.65. The second kappa shape index (κ2) is 5.44. The van der Waals surface area contributed by atoms with Gasteiger partial charge in [-0.05, 0) is 30.7 Å². The van der Waals surface area contributed by atoms with Crippen LogP contribution in [0, 0.1) is 5.92 Å². The van der Waals surface area contributed by atoms with Crippen LogP contribution in [0.5, 0.6) is 0 Å². The van der Waals surface area contributed by atoms with Crippen LogP contribution in [0.25, 0.3) is 0 Å². The normalized spacial score (nSPS) is 24.7. The molecule has 20 heavy (non-hydrogen) atoms. The van der Waals surface area contributed by atoms with Crippen LogP contribution in [0.15, 0.2) is 56.5 Å². The fraction of sp³-hybridized carbons (Fsp3) is 0.375. The van der Waals surface area contributed by atoms with Gasteiger partial charge in [-0.2, -0.15) is 0 Å². The van der Waals surface area contributed by atoms with Gasteiger partial charge in [0.2, 0.25) is 0 Å². The Kier molecular flexibility index (Phi) is 3.66. The predicted octanol–water partition coefficient (Wildman–Crippen LogP) is 3.74. The second-order valence-electron chi connectivity index (χ2n) is 5.33. The van der Waals surface area contributed by atoms with Crippen LogP contribution >= 0.6 is 11.8 Å². The molecule has 0 aromatic rings. The van der Waals surface area contributed by atoms with Crippen LogP contribution in [0.4, 0.5) is 0 Å². The van der Waals surface area contributed by atoms with E-state index in [-0.39, 0.29) is 0 Å². The van der Waals surface area contributed by atoms with Crippen LogP contribution in [0.3, 0.4) is 0 Å². The van der Waals surface area contributed by atoms with Crippen LogP contribution in [-0.2, 0) is 0 Å². The van der Waals surface area contributed by atoms with E-state index in [1.54, 1.807) is 11.8 Å². The lowest BCUT2D eigenvalue weighted by molar-refractivity contribution is 0.522. The number of rotatable bonds is 4. The van der Waals surface area contributed by atoms with Gasteiger partial charge in [-0.3, -0.25) is 9.98 Å². The molecule has 104 valence electrons. The van der Waals surface area contributed by atoms with Gasteiger partial charge in [0.05, 0.1) is 12.3 Å². The summed E-state index contributed by atoms with van der Waals surface area (Å²) in [5, 5.41) is 2.06. The lowest BCUT2D eigenvalue weighted by Gasteiger charge is -2.30. The standard InChI is InChI=1S/C16H19N3S/c1-4-7-20-12(3)16-18-9-13(14-5-6-17-14)15-8-11(2)10-19(15)16/h4-7,11H,3,8-10H2,1-2H3/b7-4-. The number of thioether (sulfide) groups is 1. The molecular formula is C16H19N3S. The highest BCUT2D eigenvalue weighted by molar-refractivity contribution is 8.06. The summed E-state index contributed by atoms with van der Waals surface area (Å²) in [6.45, 7) is 10.3. The fourth-order valence-corrected chi connectivity index (χ4v) is 3.34. The fourth-order valence-electron chi connectivity index (χ4n) is 2.76. The predicted molar refractivity (Wildman–Crippen MR) is 87.9 cm³/mol. The molecule has 0 radical (unpaired) electrons. The minimum absolute atomic E-state index is 0.660. The van der Waals surface area contributed by atoms with Gasteiger partial charge in [0.25, 0.3) is 0 Å². The summed E-state index contributed by atoms with van der Waals surface area (Å²) in [6.07, 6.45) is 7.07. The minimum Gasteiger partial charge on any atom is -0.329 e. The molecule has 0 aromatic heterocycles. The average molecular weight is 285 g/mol. The van der Waals surface area contributed by atoms with Gasteiger partial charge in [-0.15, -0.1) is 0 Å². The van der Waals surface area contributed by atoms with Gasteiger partial charge in [-0.25, -0.2) is 0 Å². The van der Waals surface area contributed by atoms with Crippen molar-refractivity contribution in [1.82, 2.24) is 4.90 Å². The molecule has 3 heterocycles. The molecule has 3 rings (SSSR count). The Labute approximate surface area is 124 Å². The molecule has 1 atom stereocenters. The highest BCUT2D eigenvalue weighted by atomic mass is 32.2. The summed E-state index contributed by atoms with van der Waals surface area (Å²) in [7, 11) is 0. The van der Waals surface area contributed by atoms with E-state index in [2.05, 4.69) is 34.9 Å². The lowest BCUT2D eigenvalue weighted by Crippen LogP contribution is -2.33. The molecule has 0 aliphatic carbocycles. The van der Waals surface area contributed by atoms with E-state index in [1.165, 1.54) is 11.3 Å². The van der Waals surface area contributed by atoms with Crippen molar-refractivity contribution >= 4 is 23.3 Å². The van der Waals surface area contributed by atoms with Crippen LogP contribution in [0.1, 0.15) is 20.3 Å². The van der Waals surface area contributed by atoms with Crippen molar-refractivity contribution in [2.75, 3.05) is 13.1 Å². The zero-order valence-electron chi connectivity index (χ0n) is 12.0. The number of allylic oxidation sites excluding steroid dienone is 3. The zero-order valence-corrected chi connectivity index (χ0v) is 12.8. The van der Waals surface area contributed by atoms with Gasteiger partial charge in [0, 0.05) is 28.9 Å².